The Labute approximate surface area is 165 Å². The van der Waals surface area contributed by atoms with Crippen molar-refractivity contribution in [1.29, 1.82) is 5.26 Å². The number of hydrogen-bond donors (Lipinski definition) is 0. The summed E-state index contributed by atoms with van der Waals surface area (Å²) >= 11 is 0. The minimum atomic E-state index is -4.27. The van der Waals surface area contributed by atoms with Gasteiger partial charge in [-0.15, -0.1) is 0 Å². The summed E-state index contributed by atoms with van der Waals surface area (Å²) in [4.78, 5) is 0. The maximum atomic E-state index is 12.7. The summed E-state index contributed by atoms with van der Waals surface area (Å²) in [6.07, 6.45) is 8.11. The zero-order valence-electron chi connectivity index (χ0n) is 16.1. The number of benzene rings is 1. The first-order valence-corrected chi connectivity index (χ1v) is 10.3. The molecule has 0 saturated heterocycles. The average molecular weight is 391 g/mol. The lowest BCUT2D eigenvalue weighted by Gasteiger charge is -2.32. The lowest BCUT2D eigenvalue weighted by Crippen LogP contribution is -2.25. The van der Waals surface area contributed by atoms with Gasteiger partial charge in [-0.25, -0.2) is 0 Å². The largest absolute Gasteiger partial charge is 0.416 e. The number of hydrogen-bond acceptors (Lipinski definition) is 2. The van der Waals surface area contributed by atoms with Gasteiger partial charge >= 0.3 is 6.18 Å². The lowest BCUT2D eigenvalue weighted by molar-refractivity contribution is -0.137. The number of halogens is 3. The molecule has 0 atom stereocenters. The van der Waals surface area contributed by atoms with Crippen LogP contribution in [0.15, 0.2) is 36.4 Å². The fourth-order valence-corrected chi connectivity index (χ4v) is 4.51. The third kappa shape index (κ3) is 5.85. The molecular weight excluding hydrogens is 363 g/mol. The zero-order chi connectivity index (χ0) is 20.0. The van der Waals surface area contributed by atoms with E-state index in [1.165, 1.54) is 12.1 Å². The van der Waals surface area contributed by atoms with Gasteiger partial charge in [0.2, 0.25) is 0 Å². The van der Waals surface area contributed by atoms with Crippen molar-refractivity contribution in [2.75, 3.05) is 6.61 Å². The topological polar surface area (TPSA) is 33.0 Å². The van der Waals surface area contributed by atoms with Gasteiger partial charge in [0.25, 0.3) is 0 Å². The molecule has 28 heavy (non-hydrogen) atoms. The second-order valence-electron chi connectivity index (χ2n) is 8.20. The fraction of sp³-hybridized carbons (Fsp3) is 0.609. The summed E-state index contributed by atoms with van der Waals surface area (Å²) in [5.41, 5.74) is 0.432. The first-order valence-electron chi connectivity index (χ1n) is 10.3. The standard InChI is InChI=1S/C23H28F3NO/c24-23(25,26)21-11-7-19(8-12-21)20-9-13-22(14-10-20)28-16-18-5-3-17(4-6-18)2-1-15-27/h1-2,7-8,11-12,17-18,20,22H,3-6,9-10,13-14,16H2. The molecule has 0 spiro atoms. The Morgan fingerprint density at radius 1 is 0.964 bits per heavy atom. The quantitative estimate of drug-likeness (QED) is 0.528. The molecule has 152 valence electrons. The molecule has 3 rings (SSSR count). The van der Waals surface area contributed by atoms with Crippen LogP contribution in [0.25, 0.3) is 0 Å². The Bertz CT molecular complexity index is 673. The highest BCUT2D eigenvalue weighted by Crippen LogP contribution is 2.37. The Kier molecular flexibility index (Phi) is 7.18. The fourth-order valence-electron chi connectivity index (χ4n) is 4.51. The Morgan fingerprint density at radius 2 is 1.61 bits per heavy atom. The lowest BCUT2D eigenvalue weighted by atomic mass is 9.81. The van der Waals surface area contributed by atoms with Crippen LogP contribution in [-0.4, -0.2) is 12.7 Å². The van der Waals surface area contributed by atoms with Crippen molar-refractivity contribution < 1.29 is 17.9 Å². The van der Waals surface area contributed by atoms with Crippen molar-refractivity contribution in [3.05, 3.63) is 47.5 Å². The van der Waals surface area contributed by atoms with Crippen LogP contribution in [0.5, 0.6) is 0 Å². The van der Waals surface area contributed by atoms with E-state index >= 15 is 0 Å². The van der Waals surface area contributed by atoms with E-state index in [0.29, 0.717) is 17.8 Å². The van der Waals surface area contributed by atoms with E-state index in [1.807, 2.05) is 6.08 Å². The number of nitriles is 1. The van der Waals surface area contributed by atoms with Crippen LogP contribution >= 0.6 is 0 Å². The summed E-state index contributed by atoms with van der Waals surface area (Å²) in [5, 5.41) is 8.61. The molecular formula is C23H28F3NO. The summed E-state index contributed by atoms with van der Waals surface area (Å²) < 4.78 is 44.3. The molecule has 0 aliphatic heterocycles. The van der Waals surface area contributed by atoms with Crippen LogP contribution in [0.2, 0.25) is 0 Å². The number of nitrogens with zero attached hydrogens (tertiary/aromatic N) is 1. The van der Waals surface area contributed by atoms with Gasteiger partial charge < -0.3 is 4.74 Å². The predicted molar refractivity (Wildman–Crippen MR) is 103 cm³/mol. The Morgan fingerprint density at radius 3 is 2.18 bits per heavy atom. The smallest absolute Gasteiger partial charge is 0.378 e. The molecule has 1 aromatic rings. The maximum Gasteiger partial charge on any atom is 0.416 e. The second kappa shape index (κ2) is 9.60. The second-order valence-corrected chi connectivity index (χ2v) is 8.20. The molecule has 5 heteroatoms. The van der Waals surface area contributed by atoms with Crippen molar-refractivity contribution in [3.8, 4) is 6.07 Å². The SMILES string of the molecule is N#CC=CC1CCC(COC2CCC(c3ccc(C(F)(F)F)cc3)CC2)CC1. The number of allylic oxidation sites excluding steroid dienone is 2. The highest BCUT2D eigenvalue weighted by Gasteiger charge is 2.31. The van der Waals surface area contributed by atoms with E-state index in [0.717, 1.165) is 63.5 Å². The third-order valence-corrected chi connectivity index (χ3v) is 6.29. The summed E-state index contributed by atoms with van der Waals surface area (Å²) in [7, 11) is 0. The van der Waals surface area contributed by atoms with Gasteiger partial charge in [0.05, 0.1) is 17.7 Å². The van der Waals surface area contributed by atoms with Crippen LogP contribution < -0.4 is 0 Å². The van der Waals surface area contributed by atoms with Crippen LogP contribution in [0.1, 0.15) is 68.4 Å². The monoisotopic (exact) mass is 391 g/mol. The molecule has 0 amide bonds. The van der Waals surface area contributed by atoms with Crippen molar-refractivity contribution in [2.45, 2.75) is 69.6 Å². The van der Waals surface area contributed by atoms with Gasteiger partial charge in [-0.2, -0.15) is 18.4 Å². The van der Waals surface area contributed by atoms with Gasteiger partial charge in [-0.3, -0.25) is 0 Å². The number of alkyl halides is 3. The van der Waals surface area contributed by atoms with Crippen LogP contribution in [-0.2, 0) is 10.9 Å². The molecule has 0 heterocycles. The van der Waals surface area contributed by atoms with E-state index in [1.54, 1.807) is 18.2 Å². The maximum absolute atomic E-state index is 12.7. The molecule has 2 aliphatic rings. The Balaban J connectivity index is 1.38. The zero-order valence-corrected chi connectivity index (χ0v) is 16.1. The van der Waals surface area contributed by atoms with Crippen molar-refractivity contribution in [3.63, 3.8) is 0 Å². The van der Waals surface area contributed by atoms with Gasteiger partial charge in [0, 0.05) is 12.7 Å². The minimum Gasteiger partial charge on any atom is -0.378 e. The summed E-state index contributed by atoms with van der Waals surface area (Å²) in [6, 6.07) is 7.72. The van der Waals surface area contributed by atoms with Gasteiger partial charge in [0.15, 0.2) is 0 Å². The molecule has 2 nitrogen and oxygen atoms in total. The van der Waals surface area contributed by atoms with Crippen molar-refractivity contribution >= 4 is 0 Å². The molecule has 0 unspecified atom stereocenters. The number of ether oxygens (including phenoxy) is 1. The highest BCUT2D eigenvalue weighted by atomic mass is 19.4. The Hall–Kier alpha value is -1.80. The molecule has 2 fully saturated rings. The molecule has 0 aromatic heterocycles. The first kappa shape index (κ1) is 20.9. The van der Waals surface area contributed by atoms with Gasteiger partial charge in [-0.05, 0) is 86.8 Å². The van der Waals surface area contributed by atoms with Crippen LogP contribution in [0.4, 0.5) is 13.2 Å². The van der Waals surface area contributed by atoms with Gasteiger partial charge in [0.1, 0.15) is 0 Å². The van der Waals surface area contributed by atoms with E-state index in [2.05, 4.69) is 6.07 Å². The van der Waals surface area contributed by atoms with Crippen LogP contribution in [0, 0.1) is 23.2 Å². The van der Waals surface area contributed by atoms with Crippen molar-refractivity contribution in [1.82, 2.24) is 0 Å². The van der Waals surface area contributed by atoms with Crippen molar-refractivity contribution in [2.24, 2.45) is 11.8 Å². The normalized spacial score (nSPS) is 28.9. The van der Waals surface area contributed by atoms with E-state index in [-0.39, 0.29) is 6.10 Å². The summed E-state index contributed by atoms with van der Waals surface area (Å²) in [5.74, 6) is 1.49. The van der Waals surface area contributed by atoms with Gasteiger partial charge in [-0.1, -0.05) is 18.2 Å². The molecule has 0 N–H and O–H groups in total. The summed E-state index contributed by atoms with van der Waals surface area (Å²) in [6.45, 7) is 0.810. The van der Waals surface area contributed by atoms with Crippen LogP contribution in [0.3, 0.4) is 0 Å². The molecule has 0 radical (unpaired) electrons. The molecule has 2 saturated carbocycles. The van der Waals surface area contributed by atoms with E-state index in [9.17, 15) is 13.2 Å². The molecule has 2 aliphatic carbocycles. The predicted octanol–water partition coefficient (Wildman–Crippen LogP) is 6.63. The first-order chi connectivity index (χ1) is 13.5. The van der Waals surface area contributed by atoms with E-state index < -0.39 is 11.7 Å². The minimum absolute atomic E-state index is 0.280. The third-order valence-electron chi connectivity index (χ3n) is 6.29. The average Bonchev–Trinajstić information content (AvgIpc) is 2.71. The highest BCUT2D eigenvalue weighted by molar-refractivity contribution is 5.27. The number of rotatable bonds is 5. The molecule has 1 aromatic carbocycles. The molecule has 0 bridgehead atoms. The van der Waals surface area contributed by atoms with E-state index in [4.69, 9.17) is 10.00 Å².